The SMILES string of the molecule is Cc1cccc(C(=O)NC(C)(C)CCN)c1C. The van der Waals surface area contributed by atoms with E-state index >= 15 is 0 Å². The Morgan fingerprint density at radius 2 is 2.00 bits per heavy atom. The van der Waals surface area contributed by atoms with Crippen molar-refractivity contribution in [3.8, 4) is 0 Å². The number of amides is 1. The largest absolute Gasteiger partial charge is 0.347 e. The first kappa shape index (κ1) is 13.7. The number of nitrogens with two attached hydrogens (primary N) is 1. The topological polar surface area (TPSA) is 55.1 Å². The zero-order valence-corrected chi connectivity index (χ0v) is 11.1. The maximum Gasteiger partial charge on any atom is 0.251 e. The number of carbonyl (C=O) groups is 1. The molecule has 0 atom stereocenters. The van der Waals surface area contributed by atoms with Crippen LogP contribution in [-0.2, 0) is 0 Å². The molecule has 3 N–H and O–H groups in total. The zero-order valence-electron chi connectivity index (χ0n) is 11.1. The molecule has 1 aromatic rings. The van der Waals surface area contributed by atoms with Crippen molar-refractivity contribution in [1.29, 1.82) is 0 Å². The van der Waals surface area contributed by atoms with Gasteiger partial charge in [-0.3, -0.25) is 4.79 Å². The van der Waals surface area contributed by atoms with Gasteiger partial charge < -0.3 is 11.1 Å². The number of hydrogen-bond donors (Lipinski definition) is 2. The third-order valence-corrected chi connectivity index (χ3v) is 3.07. The van der Waals surface area contributed by atoms with Crippen LogP contribution in [0.5, 0.6) is 0 Å². The van der Waals surface area contributed by atoms with E-state index < -0.39 is 0 Å². The van der Waals surface area contributed by atoms with Crippen LogP contribution in [0.15, 0.2) is 18.2 Å². The van der Waals surface area contributed by atoms with Gasteiger partial charge >= 0.3 is 0 Å². The van der Waals surface area contributed by atoms with Gasteiger partial charge in [-0.1, -0.05) is 12.1 Å². The zero-order chi connectivity index (χ0) is 13.1. The molecule has 0 saturated heterocycles. The number of nitrogens with one attached hydrogen (secondary N) is 1. The number of carbonyl (C=O) groups excluding carboxylic acids is 1. The quantitative estimate of drug-likeness (QED) is 0.838. The molecule has 0 unspecified atom stereocenters. The van der Waals surface area contributed by atoms with Crippen LogP contribution in [0.2, 0.25) is 0 Å². The fraction of sp³-hybridized carbons (Fsp3) is 0.500. The fourth-order valence-electron chi connectivity index (χ4n) is 1.80. The Balaban J connectivity index is 2.87. The van der Waals surface area contributed by atoms with Crippen LogP contribution in [-0.4, -0.2) is 18.0 Å². The smallest absolute Gasteiger partial charge is 0.251 e. The second-order valence-corrected chi connectivity index (χ2v) is 5.12. The third-order valence-electron chi connectivity index (χ3n) is 3.07. The van der Waals surface area contributed by atoms with Crippen LogP contribution < -0.4 is 11.1 Å². The lowest BCUT2D eigenvalue weighted by Gasteiger charge is -2.26. The summed E-state index contributed by atoms with van der Waals surface area (Å²) in [5.41, 5.74) is 8.18. The highest BCUT2D eigenvalue weighted by molar-refractivity contribution is 5.96. The molecule has 94 valence electrons. The molecule has 0 aromatic heterocycles. The summed E-state index contributed by atoms with van der Waals surface area (Å²) in [5, 5.41) is 3.02. The summed E-state index contributed by atoms with van der Waals surface area (Å²) in [4.78, 5) is 12.2. The Hall–Kier alpha value is -1.35. The van der Waals surface area contributed by atoms with E-state index in [2.05, 4.69) is 5.32 Å². The summed E-state index contributed by atoms with van der Waals surface area (Å²) in [6.07, 6.45) is 0.767. The normalized spacial score (nSPS) is 11.4. The standard InChI is InChI=1S/C14H22N2O/c1-10-6-5-7-12(11(10)2)13(17)16-14(3,4)8-9-15/h5-7H,8-9,15H2,1-4H3,(H,16,17). The van der Waals surface area contributed by atoms with Crippen LogP contribution in [0.4, 0.5) is 0 Å². The highest BCUT2D eigenvalue weighted by Gasteiger charge is 2.21. The maximum absolute atomic E-state index is 12.2. The average Bonchev–Trinajstić information content (AvgIpc) is 2.21. The molecule has 0 bridgehead atoms. The van der Waals surface area contributed by atoms with Gasteiger partial charge in [0.15, 0.2) is 0 Å². The molecule has 1 rings (SSSR count). The van der Waals surface area contributed by atoms with Crippen molar-refractivity contribution in [2.45, 2.75) is 39.7 Å². The number of hydrogen-bond acceptors (Lipinski definition) is 2. The minimum atomic E-state index is -0.262. The minimum Gasteiger partial charge on any atom is -0.347 e. The summed E-state index contributed by atoms with van der Waals surface area (Å²) in [7, 11) is 0. The molecule has 0 saturated carbocycles. The molecule has 3 nitrogen and oxygen atoms in total. The minimum absolute atomic E-state index is 0.0235. The fourth-order valence-corrected chi connectivity index (χ4v) is 1.80. The van der Waals surface area contributed by atoms with Crippen LogP contribution in [0, 0.1) is 13.8 Å². The second kappa shape index (κ2) is 5.32. The molecular formula is C14H22N2O. The second-order valence-electron chi connectivity index (χ2n) is 5.12. The molecule has 0 heterocycles. The highest BCUT2D eigenvalue weighted by Crippen LogP contribution is 2.15. The van der Waals surface area contributed by atoms with Crippen molar-refractivity contribution < 1.29 is 4.79 Å². The van der Waals surface area contributed by atoms with E-state index in [4.69, 9.17) is 5.73 Å². The Kier molecular flexibility index (Phi) is 4.29. The first-order valence-corrected chi connectivity index (χ1v) is 5.96. The van der Waals surface area contributed by atoms with Gasteiger partial charge in [0.2, 0.25) is 0 Å². The van der Waals surface area contributed by atoms with Crippen LogP contribution >= 0.6 is 0 Å². The summed E-state index contributed by atoms with van der Waals surface area (Å²) in [6.45, 7) is 8.53. The van der Waals surface area contributed by atoms with Gasteiger partial charge in [-0.15, -0.1) is 0 Å². The number of rotatable bonds is 4. The lowest BCUT2D eigenvalue weighted by atomic mass is 9.98. The molecule has 0 aliphatic rings. The van der Waals surface area contributed by atoms with E-state index in [1.807, 2.05) is 45.9 Å². The first-order valence-electron chi connectivity index (χ1n) is 5.96. The van der Waals surface area contributed by atoms with Crippen molar-refractivity contribution in [3.63, 3.8) is 0 Å². The van der Waals surface area contributed by atoms with Gasteiger partial charge in [0.25, 0.3) is 5.91 Å². The lowest BCUT2D eigenvalue weighted by molar-refractivity contribution is 0.0909. The molecular weight excluding hydrogens is 212 g/mol. The Morgan fingerprint density at radius 3 is 2.59 bits per heavy atom. The van der Waals surface area contributed by atoms with Gasteiger partial charge in [0.05, 0.1) is 0 Å². The van der Waals surface area contributed by atoms with E-state index in [0.717, 1.165) is 23.1 Å². The molecule has 1 aromatic carbocycles. The maximum atomic E-state index is 12.2. The monoisotopic (exact) mass is 234 g/mol. The third kappa shape index (κ3) is 3.56. The summed E-state index contributed by atoms with van der Waals surface area (Å²) < 4.78 is 0. The average molecular weight is 234 g/mol. The molecule has 3 heteroatoms. The molecule has 1 amide bonds. The summed E-state index contributed by atoms with van der Waals surface area (Å²) in [6, 6.07) is 5.78. The van der Waals surface area contributed by atoms with Crippen molar-refractivity contribution >= 4 is 5.91 Å². The summed E-state index contributed by atoms with van der Waals surface area (Å²) in [5.74, 6) is -0.0235. The first-order chi connectivity index (χ1) is 7.87. The van der Waals surface area contributed by atoms with E-state index in [-0.39, 0.29) is 11.4 Å². The van der Waals surface area contributed by atoms with Crippen molar-refractivity contribution in [2.75, 3.05) is 6.54 Å². The Bertz CT molecular complexity index is 411. The Morgan fingerprint density at radius 1 is 1.35 bits per heavy atom. The molecule has 17 heavy (non-hydrogen) atoms. The molecule has 0 fully saturated rings. The van der Waals surface area contributed by atoms with Crippen LogP contribution in [0.25, 0.3) is 0 Å². The van der Waals surface area contributed by atoms with Crippen LogP contribution in [0.3, 0.4) is 0 Å². The molecule has 0 radical (unpaired) electrons. The van der Waals surface area contributed by atoms with Gasteiger partial charge in [0, 0.05) is 11.1 Å². The van der Waals surface area contributed by atoms with Crippen LogP contribution in [0.1, 0.15) is 41.8 Å². The number of benzene rings is 1. The molecule has 0 aliphatic heterocycles. The van der Waals surface area contributed by atoms with Crippen molar-refractivity contribution in [3.05, 3.63) is 34.9 Å². The molecule has 0 spiro atoms. The predicted octanol–water partition coefficient (Wildman–Crippen LogP) is 2.16. The Labute approximate surface area is 103 Å². The molecule has 0 aliphatic carbocycles. The van der Waals surface area contributed by atoms with Gasteiger partial charge in [0.1, 0.15) is 0 Å². The van der Waals surface area contributed by atoms with E-state index in [1.165, 1.54) is 0 Å². The van der Waals surface area contributed by atoms with Gasteiger partial charge in [-0.05, 0) is 57.9 Å². The van der Waals surface area contributed by atoms with E-state index in [9.17, 15) is 4.79 Å². The van der Waals surface area contributed by atoms with Gasteiger partial charge in [-0.2, -0.15) is 0 Å². The van der Waals surface area contributed by atoms with E-state index in [0.29, 0.717) is 6.54 Å². The van der Waals surface area contributed by atoms with Crippen molar-refractivity contribution in [2.24, 2.45) is 5.73 Å². The van der Waals surface area contributed by atoms with Gasteiger partial charge in [-0.25, -0.2) is 0 Å². The predicted molar refractivity (Wildman–Crippen MR) is 71.1 cm³/mol. The number of aryl methyl sites for hydroxylation is 1. The lowest BCUT2D eigenvalue weighted by Crippen LogP contribution is -2.44. The summed E-state index contributed by atoms with van der Waals surface area (Å²) >= 11 is 0. The van der Waals surface area contributed by atoms with E-state index in [1.54, 1.807) is 0 Å². The highest BCUT2D eigenvalue weighted by atomic mass is 16.1. The van der Waals surface area contributed by atoms with Crippen molar-refractivity contribution in [1.82, 2.24) is 5.32 Å².